The van der Waals surface area contributed by atoms with Gasteiger partial charge in [0.1, 0.15) is 24.4 Å². The van der Waals surface area contributed by atoms with Crippen LogP contribution in [0.4, 0.5) is 0 Å². The first-order chi connectivity index (χ1) is 36.8. The molecule has 1 saturated heterocycles. The van der Waals surface area contributed by atoms with Crippen LogP contribution in [-0.4, -0.2) is 87.5 Å². The Kier molecular flexibility index (Phi) is 53.5. The number of nitrogens with one attached hydrogen (secondary N) is 1. The van der Waals surface area contributed by atoms with Crippen molar-refractivity contribution in [1.29, 1.82) is 0 Å². The topological polar surface area (TPSA) is 149 Å². The smallest absolute Gasteiger partial charge is 0.220 e. The molecule has 0 aromatic rings. The van der Waals surface area contributed by atoms with E-state index in [4.69, 9.17) is 9.47 Å². The molecule has 7 unspecified atom stereocenters. The number of ether oxygens (including phenoxy) is 2. The molecular weight excluding hydrogens is 935 g/mol. The van der Waals surface area contributed by atoms with E-state index >= 15 is 0 Å². The molecule has 75 heavy (non-hydrogen) atoms. The molecule has 0 saturated carbocycles. The van der Waals surface area contributed by atoms with E-state index < -0.39 is 49.5 Å². The SMILES string of the molecule is CCCCCCCCCCCCCCC/C=C/CC/C=C/C(O)C(COC1OC(CO)C(O)C(O)C1O)NC(=O)CCCCCCCCCCCCCCCCCCCCCCCCCCCCCCCCCCC. The molecule has 6 N–H and O–H groups in total. The lowest BCUT2D eigenvalue weighted by molar-refractivity contribution is -0.302. The van der Waals surface area contributed by atoms with Gasteiger partial charge in [0.25, 0.3) is 0 Å². The zero-order chi connectivity index (χ0) is 54.3. The number of amides is 1. The third kappa shape index (κ3) is 45.1. The third-order valence-corrected chi connectivity index (χ3v) is 16.0. The average Bonchev–Trinajstić information content (AvgIpc) is 3.41. The van der Waals surface area contributed by atoms with Gasteiger partial charge >= 0.3 is 0 Å². The molecular formula is C66H127NO8. The average molecular weight is 1060 g/mol. The molecule has 9 heteroatoms. The highest BCUT2D eigenvalue weighted by molar-refractivity contribution is 5.76. The Bertz CT molecular complexity index is 1230. The fourth-order valence-electron chi connectivity index (χ4n) is 10.8. The van der Waals surface area contributed by atoms with Gasteiger partial charge in [-0.25, -0.2) is 0 Å². The Labute approximate surface area is 464 Å². The van der Waals surface area contributed by atoms with Crippen LogP contribution in [0.3, 0.4) is 0 Å². The van der Waals surface area contributed by atoms with Crippen molar-refractivity contribution in [1.82, 2.24) is 5.32 Å². The first-order valence-electron chi connectivity index (χ1n) is 33.1. The van der Waals surface area contributed by atoms with Crippen LogP contribution in [0.2, 0.25) is 0 Å². The van der Waals surface area contributed by atoms with Gasteiger partial charge < -0.3 is 40.3 Å². The predicted octanol–water partition coefficient (Wildman–Crippen LogP) is 17.3. The van der Waals surface area contributed by atoms with Crippen molar-refractivity contribution in [2.24, 2.45) is 0 Å². The number of unbranched alkanes of at least 4 members (excludes halogenated alkanes) is 46. The summed E-state index contributed by atoms with van der Waals surface area (Å²) in [6, 6.07) is -0.819. The number of rotatable bonds is 58. The van der Waals surface area contributed by atoms with Crippen LogP contribution >= 0.6 is 0 Å². The second-order valence-corrected chi connectivity index (χ2v) is 23.3. The van der Waals surface area contributed by atoms with Crippen LogP contribution < -0.4 is 5.32 Å². The molecule has 0 aromatic carbocycles. The summed E-state index contributed by atoms with van der Waals surface area (Å²) in [5.41, 5.74) is 0. The van der Waals surface area contributed by atoms with Gasteiger partial charge in [-0.1, -0.05) is 321 Å². The first kappa shape index (κ1) is 71.7. The molecule has 0 radical (unpaired) electrons. The lowest BCUT2D eigenvalue weighted by Crippen LogP contribution is -2.60. The molecule has 7 atom stereocenters. The van der Waals surface area contributed by atoms with Gasteiger partial charge in [0, 0.05) is 6.42 Å². The van der Waals surface area contributed by atoms with Crippen molar-refractivity contribution in [2.45, 2.75) is 378 Å². The maximum absolute atomic E-state index is 13.1. The summed E-state index contributed by atoms with van der Waals surface area (Å²) in [6.07, 6.45) is 65.7. The zero-order valence-corrected chi connectivity index (χ0v) is 49.6. The van der Waals surface area contributed by atoms with Crippen molar-refractivity contribution in [2.75, 3.05) is 13.2 Å². The van der Waals surface area contributed by atoms with Gasteiger partial charge in [0.05, 0.1) is 25.4 Å². The molecule has 444 valence electrons. The largest absolute Gasteiger partial charge is 0.394 e. The van der Waals surface area contributed by atoms with Crippen LogP contribution in [0.25, 0.3) is 0 Å². The first-order valence-corrected chi connectivity index (χ1v) is 33.1. The molecule has 0 bridgehead atoms. The minimum atomic E-state index is -1.57. The van der Waals surface area contributed by atoms with Crippen molar-refractivity contribution >= 4 is 5.91 Å². The van der Waals surface area contributed by atoms with Crippen LogP contribution in [0.15, 0.2) is 24.3 Å². The normalized spacial score (nSPS) is 18.9. The molecule has 0 aliphatic carbocycles. The molecule has 1 rings (SSSR count). The quantitative estimate of drug-likeness (QED) is 0.0261. The second kappa shape index (κ2) is 56.0. The third-order valence-electron chi connectivity index (χ3n) is 16.0. The van der Waals surface area contributed by atoms with Crippen molar-refractivity contribution in [3.8, 4) is 0 Å². The summed E-state index contributed by atoms with van der Waals surface area (Å²) in [7, 11) is 0. The standard InChI is InChI=1S/C66H127NO8/c1-3-5-7-9-11-13-15-17-19-21-23-24-25-26-27-28-29-30-31-32-33-34-35-36-38-40-42-44-46-48-50-52-54-56-62(70)67-59(58-74-66-65(73)64(72)63(71)61(57-68)75-66)60(69)55-53-51-49-47-45-43-41-39-37-22-20-18-16-14-12-10-8-6-4-2/h45,47,53,55,59-61,63-66,68-69,71-73H,3-44,46,48-52,54,56-58H2,1-2H3,(H,67,70)/b47-45+,55-53+. The molecule has 1 amide bonds. The number of hydrogen-bond donors (Lipinski definition) is 6. The fourth-order valence-corrected chi connectivity index (χ4v) is 10.8. The number of aliphatic hydroxyl groups is 5. The summed E-state index contributed by atoms with van der Waals surface area (Å²) in [4.78, 5) is 13.1. The van der Waals surface area contributed by atoms with Gasteiger partial charge in [0.2, 0.25) is 5.91 Å². The Morgan fingerprint density at radius 1 is 0.440 bits per heavy atom. The molecule has 1 fully saturated rings. The number of allylic oxidation sites excluding steroid dienone is 3. The predicted molar refractivity (Wildman–Crippen MR) is 318 cm³/mol. The van der Waals surface area contributed by atoms with Crippen molar-refractivity contribution in [3.63, 3.8) is 0 Å². The fraction of sp³-hybridized carbons (Fsp3) is 0.924. The van der Waals surface area contributed by atoms with E-state index in [-0.39, 0.29) is 12.5 Å². The van der Waals surface area contributed by atoms with E-state index in [2.05, 4.69) is 31.3 Å². The lowest BCUT2D eigenvalue weighted by atomic mass is 9.99. The monoisotopic (exact) mass is 1060 g/mol. The molecule has 9 nitrogen and oxygen atoms in total. The summed E-state index contributed by atoms with van der Waals surface area (Å²) in [6.45, 7) is 3.81. The maximum Gasteiger partial charge on any atom is 0.220 e. The van der Waals surface area contributed by atoms with Crippen LogP contribution in [-0.2, 0) is 14.3 Å². The van der Waals surface area contributed by atoms with E-state index in [1.54, 1.807) is 6.08 Å². The lowest BCUT2D eigenvalue weighted by Gasteiger charge is -2.40. The van der Waals surface area contributed by atoms with E-state index in [1.807, 2.05) is 6.08 Å². The van der Waals surface area contributed by atoms with Gasteiger partial charge in [-0.3, -0.25) is 4.79 Å². The summed E-state index contributed by atoms with van der Waals surface area (Å²) in [5.74, 6) is -0.179. The van der Waals surface area contributed by atoms with Crippen molar-refractivity contribution in [3.05, 3.63) is 24.3 Å². The van der Waals surface area contributed by atoms with Gasteiger partial charge in [-0.15, -0.1) is 0 Å². The summed E-state index contributed by atoms with van der Waals surface area (Å²) in [5, 5.41) is 54.6. The zero-order valence-electron chi connectivity index (χ0n) is 49.6. The van der Waals surface area contributed by atoms with Gasteiger partial charge in [-0.05, 0) is 32.1 Å². The molecule has 1 aliphatic heterocycles. The number of carbonyl (C=O) groups is 1. The number of hydrogen-bond acceptors (Lipinski definition) is 8. The van der Waals surface area contributed by atoms with Crippen LogP contribution in [0, 0.1) is 0 Å². The van der Waals surface area contributed by atoms with Crippen molar-refractivity contribution < 1.29 is 39.8 Å². The Balaban J connectivity index is 2.11. The van der Waals surface area contributed by atoms with Crippen LogP contribution in [0.5, 0.6) is 0 Å². The van der Waals surface area contributed by atoms with E-state index in [9.17, 15) is 30.3 Å². The minimum absolute atomic E-state index is 0.179. The summed E-state index contributed by atoms with van der Waals surface area (Å²) < 4.78 is 11.3. The highest BCUT2D eigenvalue weighted by Gasteiger charge is 2.44. The van der Waals surface area contributed by atoms with Gasteiger partial charge in [-0.2, -0.15) is 0 Å². The number of carbonyl (C=O) groups excluding carboxylic acids is 1. The molecule has 0 aromatic heterocycles. The van der Waals surface area contributed by atoms with E-state index in [1.165, 1.54) is 276 Å². The van der Waals surface area contributed by atoms with Gasteiger partial charge in [0.15, 0.2) is 6.29 Å². The Morgan fingerprint density at radius 2 is 0.760 bits per heavy atom. The molecule has 1 heterocycles. The molecule has 0 spiro atoms. The summed E-state index contributed by atoms with van der Waals surface area (Å²) >= 11 is 0. The molecule has 1 aliphatic rings. The van der Waals surface area contributed by atoms with E-state index in [0.717, 1.165) is 38.5 Å². The number of aliphatic hydroxyl groups excluding tert-OH is 5. The maximum atomic E-state index is 13.1. The van der Waals surface area contributed by atoms with Crippen LogP contribution in [0.1, 0.15) is 335 Å². The second-order valence-electron chi connectivity index (χ2n) is 23.3. The Morgan fingerprint density at radius 3 is 1.12 bits per heavy atom. The highest BCUT2D eigenvalue weighted by atomic mass is 16.7. The van der Waals surface area contributed by atoms with E-state index in [0.29, 0.717) is 6.42 Å². The highest BCUT2D eigenvalue weighted by Crippen LogP contribution is 2.23. The minimum Gasteiger partial charge on any atom is -0.394 e. The Hall–Kier alpha value is -1.33.